The van der Waals surface area contributed by atoms with Gasteiger partial charge in [0.15, 0.2) is 5.88 Å². The predicted molar refractivity (Wildman–Crippen MR) is 159 cm³/mol. The first-order chi connectivity index (χ1) is 17.9. The number of hydrogen-bond donors (Lipinski definition) is 1. The molecule has 2 aromatic rings. The summed E-state index contributed by atoms with van der Waals surface area (Å²) in [5, 5.41) is 4.03. The van der Waals surface area contributed by atoms with E-state index in [9.17, 15) is 0 Å². The molecule has 3 heterocycles. The summed E-state index contributed by atoms with van der Waals surface area (Å²) in [6, 6.07) is 6.48. The number of halogens is 3. The number of benzene rings is 1. The van der Waals surface area contributed by atoms with E-state index in [-0.39, 0.29) is 5.92 Å². The Labute approximate surface area is 243 Å². The van der Waals surface area contributed by atoms with Crippen LogP contribution in [0.5, 0.6) is 0 Å². The number of pyridine rings is 1. The second-order valence-electron chi connectivity index (χ2n) is 10.8. The molecule has 198 valence electrons. The maximum absolute atomic E-state index is 6.48. The first-order valence-electron chi connectivity index (χ1n) is 13.5. The van der Waals surface area contributed by atoms with Crippen molar-refractivity contribution in [2.24, 2.45) is 11.8 Å². The maximum atomic E-state index is 6.48. The van der Waals surface area contributed by atoms with Gasteiger partial charge < -0.3 is 15.0 Å². The first-order valence-corrected chi connectivity index (χ1v) is 15.5. The highest BCUT2D eigenvalue weighted by molar-refractivity contribution is 9.10. The first kappa shape index (κ1) is 27.1. The summed E-state index contributed by atoms with van der Waals surface area (Å²) in [7, 11) is 0. The van der Waals surface area contributed by atoms with Crippen molar-refractivity contribution in [2.75, 3.05) is 26.2 Å². The molecule has 2 unspecified atom stereocenters. The molecule has 2 fully saturated rings. The van der Waals surface area contributed by atoms with E-state index in [1.165, 1.54) is 47.3 Å². The lowest BCUT2D eigenvalue weighted by Crippen LogP contribution is -2.35. The van der Waals surface area contributed by atoms with Crippen LogP contribution in [0.25, 0.3) is 0 Å². The third-order valence-electron chi connectivity index (χ3n) is 8.28. The van der Waals surface area contributed by atoms with Gasteiger partial charge in [0.2, 0.25) is 0 Å². The normalized spacial score (nSPS) is 21.9. The number of aromatic nitrogens is 1. The minimum absolute atomic E-state index is 0.282. The van der Waals surface area contributed by atoms with E-state index in [0.29, 0.717) is 17.7 Å². The molecule has 2 aliphatic heterocycles. The number of rotatable bonds is 7. The van der Waals surface area contributed by atoms with E-state index in [2.05, 4.69) is 73.4 Å². The molecule has 0 bridgehead atoms. The van der Waals surface area contributed by atoms with Crippen molar-refractivity contribution >= 4 is 43.5 Å². The number of nitrogens with one attached hydrogen (secondary N) is 1. The second-order valence-corrected chi connectivity index (χ2v) is 13.0. The number of fused-ring (bicyclic) bond motifs is 2. The molecule has 1 aromatic heterocycles. The topological polar surface area (TPSA) is 37.4 Å². The molecule has 5 rings (SSSR count). The average Bonchev–Trinajstić information content (AvgIpc) is 3.04. The predicted octanol–water partition coefficient (Wildman–Crippen LogP) is 7.98. The summed E-state index contributed by atoms with van der Waals surface area (Å²) in [5.74, 6) is 2.12. The fourth-order valence-electron chi connectivity index (χ4n) is 6.27. The molecule has 0 radical (unpaired) electrons. The molecule has 0 amide bonds. The summed E-state index contributed by atoms with van der Waals surface area (Å²) in [6.07, 6.45) is 10.9. The number of allylic oxidation sites excluding steroid dienone is 1. The highest BCUT2D eigenvalue weighted by Crippen LogP contribution is 2.46. The molecule has 1 aliphatic carbocycles. The Kier molecular flexibility index (Phi) is 8.88. The van der Waals surface area contributed by atoms with Gasteiger partial charge in [0.05, 0.1) is 12.3 Å². The Hall–Kier alpha value is -1.50. The van der Waals surface area contributed by atoms with Crippen molar-refractivity contribution in [3.05, 3.63) is 85.5 Å². The van der Waals surface area contributed by atoms with Crippen LogP contribution < -0.4 is 5.32 Å². The lowest BCUT2D eigenvalue weighted by molar-refractivity contribution is 0.106. The van der Waals surface area contributed by atoms with Gasteiger partial charge in [0, 0.05) is 57.3 Å². The van der Waals surface area contributed by atoms with Crippen molar-refractivity contribution in [3.63, 3.8) is 0 Å². The van der Waals surface area contributed by atoms with Crippen LogP contribution in [0.15, 0.2) is 58.1 Å². The van der Waals surface area contributed by atoms with E-state index in [0.717, 1.165) is 72.3 Å². The Balaban J connectivity index is 1.22. The number of piperidine rings is 1. The molecule has 1 aromatic carbocycles. The zero-order valence-electron chi connectivity index (χ0n) is 21.4. The average molecular weight is 650 g/mol. The van der Waals surface area contributed by atoms with Gasteiger partial charge in [-0.1, -0.05) is 40.5 Å². The van der Waals surface area contributed by atoms with Crippen LogP contribution >= 0.6 is 43.5 Å². The third kappa shape index (κ3) is 6.39. The summed E-state index contributed by atoms with van der Waals surface area (Å²) < 4.78 is 7.72. The largest absolute Gasteiger partial charge is 0.479 e. The molecule has 4 nitrogen and oxygen atoms in total. The van der Waals surface area contributed by atoms with Gasteiger partial charge in [-0.05, 0) is 108 Å². The zero-order chi connectivity index (χ0) is 25.9. The minimum Gasteiger partial charge on any atom is -0.479 e. The lowest BCUT2D eigenvalue weighted by Gasteiger charge is -2.39. The number of nitrogens with zero attached hydrogens (tertiary/aromatic N) is 2. The van der Waals surface area contributed by atoms with Crippen LogP contribution in [-0.2, 0) is 17.6 Å². The van der Waals surface area contributed by atoms with E-state index in [1.807, 2.05) is 6.20 Å². The molecule has 2 saturated heterocycles. The maximum Gasteiger partial charge on any atom is 0.179 e. The number of likely N-dealkylation sites (tertiary alicyclic amines) is 1. The molecule has 3 aliphatic rings. The van der Waals surface area contributed by atoms with Gasteiger partial charge in [-0.3, -0.25) is 4.98 Å². The van der Waals surface area contributed by atoms with E-state index < -0.39 is 0 Å². The zero-order valence-corrected chi connectivity index (χ0v) is 25.3. The second kappa shape index (κ2) is 12.1. The lowest BCUT2D eigenvalue weighted by atomic mass is 9.76. The highest BCUT2D eigenvalue weighted by Gasteiger charge is 2.35. The Morgan fingerprint density at radius 1 is 1.14 bits per heavy atom. The standard InChI is InChI=1S/C30H36Br2ClN3O/c1-19(5-3-4-6-21-16-34-20(2)37-18-21)36-11-9-22(10-12-36)29-28-23(14-26(33)15-27(28)32)7-8-24-13-25(31)17-35-30(24)29/h13-15,17,21-22,29,34H,1-12,16,18H2. The van der Waals surface area contributed by atoms with Crippen LogP contribution in [0, 0.1) is 11.8 Å². The third-order valence-corrected chi connectivity index (χ3v) is 9.59. The van der Waals surface area contributed by atoms with Gasteiger partial charge >= 0.3 is 0 Å². The van der Waals surface area contributed by atoms with Crippen molar-refractivity contribution in [1.29, 1.82) is 0 Å². The summed E-state index contributed by atoms with van der Waals surface area (Å²) in [5.41, 5.74) is 6.63. The number of aryl methyl sites for hydroxylation is 2. The molecule has 1 N–H and O–H groups in total. The summed E-state index contributed by atoms with van der Waals surface area (Å²) in [6.45, 7) is 12.2. The number of ether oxygens (including phenoxy) is 1. The van der Waals surface area contributed by atoms with E-state index in [1.54, 1.807) is 0 Å². The van der Waals surface area contributed by atoms with Gasteiger partial charge in [-0.15, -0.1) is 0 Å². The van der Waals surface area contributed by atoms with Crippen LogP contribution in [-0.4, -0.2) is 36.1 Å². The van der Waals surface area contributed by atoms with Gasteiger partial charge in [-0.25, -0.2) is 0 Å². The van der Waals surface area contributed by atoms with E-state index in [4.69, 9.17) is 21.3 Å². The molecular weight excluding hydrogens is 614 g/mol. The van der Waals surface area contributed by atoms with Crippen molar-refractivity contribution < 1.29 is 4.74 Å². The van der Waals surface area contributed by atoms with Crippen molar-refractivity contribution in [2.45, 2.75) is 57.3 Å². The minimum atomic E-state index is 0.282. The Morgan fingerprint density at radius 2 is 1.92 bits per heavy atom. The molecule has 2 atom stereocenters. The van der Waals surface area contributed by atoms with Crippen LogP contribution in [0.3, 0.4) is 0 Å². The van der Waals surface area contributed by atoms with Gasteiger partial charge in [-0.2, -0.15) is 0 Å². The van der Waals surface area contributed by atoms with Crippen LogP contribution in [0.2, 0.25) is 5.02 Å². The smallest absolute Gasteiger partial charge is 0.179 e. The summed E-state index contributed by atoms with van der Waals surface area (Å²) in [4.78, 5) is 7.52. The molecule has 0 spiro atoms. The van der Waals surface area contributed by atoms with Crippen molar-refractivity contribution in [3.8, 4) is 0 Å². The van der Waals surface area contributed by atoms with Crippen LogP contribution in [0.4, 0.5) is 0 Å². The Bertz CT molecular complexity index is 1150. The van der Waals surface area contributed by atoms with Gasteiger partial charge in [0.1, 0.15) is 0 Å². The van der Waals surface area contributed by atoms with Crippen molar-refractivity contribution in [1.82, 2.24) is 15.2 Å². The molecule has 7 heteroatoms. The Morgan fingerprint density at radius 3 is 2.68 bits per heavy atom. The number of unbranched alkanes of at least 4 members (excludes halogenated alkanes) is 1. The monoisotopic (exact) mass is 647 g/mol. The molecule has 37 heavy (non-hydrogen) atoms. The quantitative estimate of drug-likeness (QED) is 0.309. The van der Waals surface area contributed by atoms with Crippen LogP contribution in [0.1, 0.15) is 66.8 Å². The fraction of sp³-hybridized carbons (Fsp3) is 0.500. The molecular formula is C30H36Br2ClN3O. The van der Waals surface area contributed by atoms with E-state index >= 15 is 0 Å². The SMILES string of the molecule is C=C1NCC(CCCCC(=C)N2CCC(C3c4ncc(Br)cc4CCc4cc(Cl)cc(Br)c43)CC2)CO1. The summed E-state index contributed by atoms with van der Waals surface area (Å²) >= 11 is 14.0. The highest BCUT2D eigenvalue weighted by atomic mass is 79.9. The van der Waals surface area contributed by atoms with Gasteiger partial charge in [0.25, 0.3) is 0 Å². The molecule has 0 saturated carbocycles. The fourth-order valence-corrected chi connectivity index (χ4v) is 7.77. The number of hydrogen-bond acceptors (Lipinski definition) is 4.